The number of alkyl halides is 3. The summed E-state index contributed by atoms with van der Waals surface area (Å²) in [7, 11) is 0. The van der Waals surface area contributed by atoms with Crippen molar-refractivity contribution in [1.82, 2.24) is 4.98 Å². The fourth-order valence-electron chi connectivity index (χ4n) is 2.06. The molecule has 1 unspecified atom stereocenters. The number of halogens is 4. The van der Waals surface area contributed by atoms with Crippen molar-refractivity contribution in [1.29, 1.82) is 0 Å². The van der Waals surface area contributed by atoms with Gasteiger partial charge >= 0.3 is 6.18 Å². The number of hydrogen-bond acceptors (Lipinski definition) is 3. The molecule has 1 N–H and O–H groups in total. The number of aryl methyl sites for hydroxylation is 2. The molecule has 0 amide bonds. The van der Waals surface area contributed by atoms with E-state index in [1.807, 2.05) is 20.8 Å². The van der Waals surface area contributed by atoms with E-state index in [4.69, 9.17) is 11.6 Å². The standard InChI is InChI=1S/C14H14ClF3N2S/c1-7-13(21-9(3)19-7)8(2)20-12-5-4-10(6-11(12)15)14(16,17)18/h4-6,8,20H,1-3H3. The molecule has 7 heteroatoms. The summed E-state index contributed by atoms with van der Waals surface area (Å²) in [6.45, 7) is 5.75. The third-order valence-electron chi connectivity index (χ3n) is 3.00. The second-order valence-corrected chi connectivity index (χ2v) is 6.38. The van der Waals surface area contributed by atoms with Crippen LogP contribution in [0.4, 0.5) is 18.9 Å². The van der Waals surface area contributed by atoms with Crippen LogP contribution in [0.1, 0.15) is 34.1 Å². The van der Waals surface area contributed by atoms with Gasteiger partial charge in [-0.2, -0.15) is 13.2 Å². The van der Waals surface area contributed by atoms with E-state index in [9.17, 15) is 13.2 Å². The van der Waals surface area contributed by atoms with Gasteiger partial charge in [0, 0.05) is 4.88 Å². The Morgan fingerprint density at radius 2 is 1.95 bits per heavy atom. The van der Waals surface area contributed by atoms with Gasteiger partial charge in [0.25, 0.3) is 0 Å². The molecule has 21 heavy (non-hydrogen) atoms. The molecule has 2 aromatic rings. The van der Waals surface area contributed by atoms with E-state index in [1.165, 1.54) is 6.07 Å². The Balaban J connectivity index is 2.22. The minimum Gasteiger partial charge on any atom is -0.376 e. The fourth-order valence-corrected chi connectivity index (χ4v) is 3.22. The Morgan fingerprint density at radius 1 is 1.29 bits per heavy atom. The number of aromatic nitrogens is 1. The number of nitrogens with one attached hydrogen (secondary N) is 1. The van der Waals surface area contributed by atoms with Crippen LogP contribution in [-0.2, 0) is 6.18 Å². The number of rotatable bonds is 3. The van der Waals surface area contributed by atoms with E-state index < -0.39 is 11.7 Å². The lowest BCUT2D eigenvalue weighted by Gasteiger charge is -2.16. The van der Waals surface area contributed by atoms with Crippen LogP contribution >= 0.6 is 22.9 Å². The van der Waals surface area contributed by atoms with Crippen LogP contribution in [0.5, 0.6) is 0 Å². The summed E-state index contributed by atoms with van der Waals surface area (Å²) >= 11 is 7.50. The highest BCUT2D eigenvalue weighted by molar-refractivity contribution is 7.11. The molecule has 0 aliphatic heterocycles. The summed E-state index contributed by atoms with van der Waals surface area (Å²) in [5.74, 6) is 0. The fraction of sp³-hybridized carbons (Fsp3) is 0.357. The third kappa shape index (κ3) is 3.68. The van der Waals surface area contributed by atoms with E-state index in [0.29, 0.717) is 5.69 Å². The number of thiazole rings is 1. The van der Waals surface area contributed by atoms with E-state index in [-0.39, 0.29) is 11.1 Å². The molecule has 0 aliphatic rings. The largest absolute Gasteiger partial charge is 0.416 e. The molecule has 0 fully saturated rings. The second kappa shape index (κ2) is 5.85. The summed E-state index contributed by atoms with van der Waals surface area (Å²) in [5, 5.41) is 4.14. The van der Waals surface area contributed by atoms with Gasteiger partial charge < -0.3 is 5.32 Å². The number of benzene rings is 1. The Hall–Kier alpha value is -1.27. The van der Waals surface area contributed by atoms with Crippen molar-refractivity contribution in [3.8, 4) is 0 Å². The van der Waals surface area contributed by atoms with Gasteiger partial charge in [-0.05, 0) is 39.0 Å². The van der Waals surface area contributed by atoms with Crippen molar-refractivity contribution in [3.05, 3.63) is 44.4 Å². The van der Waals surface area contributed by atoms with Crippen molar-refractivity contribution in [3.63, 3.8) is 0 Å². The minimum absolute atomic E-state index is 0.0514. The van der Waals surface area contributed by atoms with Crippen molar-refractivity contribution in [2.45, 2.75) is 33.0 Å². The maximum Gasteiger partial charge on any atom is 0.416 e. The molecule has 114 valence electrons. The normalized spacial score (nSPS) is 13.3. The average molecular weight is 335 g/mol. The Labute approximate surface area is 130 Å². The van der Waals surface area contributed by atoms with Gasteiger partial charge in [-0.15, -0.1) is 11.3 Å². The van der Waals surface area contributed by atoms with Crippen LogP contribution in [0.3, 0.4) is 0 Å². The maximum atomic E-state index is 12.6. The molecule has 2 rings (SSSR count). The second-order valence-electron chi connectivity index (χ2n) is 4.74. The highest BCUT2D eigenvalue weighted by Gasteiger charge is 2.31. The van der Waals surface area contributed by atoms with E-state index >= 15 is 0 Å². The van der Waals surface area contributed by atoms with Crippen molar-refractivity contribution in [2.24, 2.45) is 0 Å². The van der Waals surface area contributed by atoms with E-state index in [2.05, 4.69) is 10.3 Å². The first-order valence-electron chi connectivity index (χ1n) is 6.25. The van der Waals surface area contributed by atoms with Gasteiger partial charge in [-0.3, -0.25) is 0 Å². The van der Waals surface area contributed by atoms with Crippen molar-refractivity contribution < 1.29 is 13.2 Å². The Bertz CT molecular complexity index is 652. The van der Waals surface area contributed by atoms with Gasteiger partial charge in [0.05, 0.1) is 33.0 Å². The molecule has 0 saturated heterocycles. The van der Waals surface area contributed by atoms with Crippen LogP contribution in [0.15, 0.2) is 18.2 Å². The first-order chi connectivity index (χ1) is 9.68. The lowest BCUT2D eigenvalue weighted by molar-refractivity contribution is -0.137. The zero-order chi connectivity index (χ0) is 15.8. The zero-order valence-corrected chi connectivity index (χ0v) is 13.2. The summed E-state index contributed by atoms with van der Waals surface area (Å²) in [5.41, 5.74) is 0.638. The Morgan fingerprint density at radius 3 is 2.43 bits per heavy atom. The first kappa shape index (κ1) is 16.1. The van der Waals surface area contributed by atoms with Crippen molar-refractivity contribution >= 4 is 28.6 Å². The molecule has 0 bridgehead atoms. The summed E-state index contributed by atoms with van der Waals surface area (Å²) in [4.78, 5) is 5.38. The molecule has 0 radical (unpaired) electrons. The minimum atomic E-state index is -4.39. The van der Waals surface area contributed by atoms with Crippen LogP contribution in [0, 0.1) is 13.8 Å². The maximum absolute atomic E-state index is 12.6. The lowest BCUT2D eigenvalue weighted by atomic mass is 10.1. The Kier molecular flexibility index (Phi) is 4.49. The molecule has 0 spiro atoms. The number of anilines is 1. The average Bonchev–Trinajstić information content (AvgIpc) is 2.69. The summed E-state index contributed by atoms with van der Waals surface area (Å²) in [6, 6.07) is 3.23. The third-order valence-corrected chi connectivity index (χ3v) is 4.57. The van der Waals surface area contributed by atoms with Gasteiger partial charge in [0.2, 0.25) is 0 Å². The van der Waals surface area contributed by atoms with E-state index in [1.54, 1.807) is 11.3 Å². The number of nitrogens with zero attached hydrogens (tertiary/aromatic N) is 1. The summed E-state index contributed by atoms with van der Waals surface area (Å²) in [6.07, 6.45) is -4.39. The van der Waals surface area contributed by atoms with Crippen LogP contribution in [0.25, 0.3) is 0 Å². The van der Waals surface area contributed by atoms with Gasteiger partial charge in [-0.1, -0.05) is 11.6 Å². The quantitative estimate of drug-likeness (QED) is 0.789. The molecule has 1 heterocycles. The van der Waals surface area contributed by atoms with E-state index in [0.717, 1.165) is 27.7 Å². The van der Waals surface area contributed by atoms with Gasteiger partial charge in [0.15, 0.2) is 0 Å². The highest BCUT2D eigenvalue weighted by atomic mass is 35.5. The van der Waals surface area contributed by atoms with Crippen LogP contribution < -0.4 is 5.32 Å². The summed E-state index contributed by atoms with van der Waals surface area (Å²) < 4.78 is 37.8. The molecular formula is C14H14ClF3N2S. The topological polar surface area (TPSA) is 24.9 Å². The van der Waals surface area contributed by atoms with Gasteiger partial charge in [-0.25, -0.2) is 4.98 Å². The SMILES string of the molecule is Cc1nc(C)c(C(C)Nc2ccc(C(F)(F)F)cc2Cl)s1. The molecule has 0 aliphatic carbocycles. The predicted octanol–water partition coefficient (Wildman–Crippen LogP) is 5.61. The van der Waals surface area contributed by atoms with Gasteiger partial charge in [0.1, 0.15) is 0 Å². The highest BCUT2D eigenvalue weighted by Crippen LogP contribution is 2.35. The van der Waals surface area contributed by atoms with Crippen molar-refractivity contribution in [2.75, 3.05) is 5.32 Å². The molecular weight excluding hydrogens is 321 g/mol. The number of hydrogen-bond donors (Lipinski definition) is 1. The smallest absolute Gasteiger partial charge is 0.376 e. The molecule has 1 aromatic heterocycles. The molecule has 1 aromatic carbocycles. The lowest BCUT2D eigenvalue weighted by Crippen LogP contribution is -2.09. The predicted molar refractivity (Wildman–Crippen MR) is 80.1 cm³/mol. The zero-order valence-electron chi connectivity index (χ0n) is 11.7. The molecule has 0 saturated carbocycles. The molecule has 2 nitrogen and oxygen atoms in total. The van der Waals surface area contributed by atoms with Crippen LogP contribution in [-0.4, -0.2) is 4.98 Å². The molecule has 1 atom stereocenters. The monoisotopic (exact) mass is 334 g/mol. The van der Waals surface area contributed by atoms with Crippen LogP contribution in [0.2, 0.25) is 5.02 Å². The first-order valence-corrected chi connectivity index (χ1v) is 7.45.